The van der Waals surface area contributed by atoms with E-state index in [4.69, 9.17) is 11.6 Å². The molecule has 0 saturated carbocycles. The van der Waals surface area contributed by atoms with Crippen LogP contribution in [0.15, 0.2) is 36.5 Å². The maximum absolute atomic E-state index is 13.0. The Balaban J connectivity index is 2.11. The van der Waals surface area contributed by atoms with Crippen molar-refractivity contribution in [2.45, 2.75) is 12.7 Å². The molecule has 2 rings (SSSR count). The standard InChI is InChI=1S/C13H9ClF4N2/c14-11-5-9(13(16,17)18)7-20-12(11)19-6-8-2-1-3-10(15)4-8/h1-5,7H,6H2,(H,19,20). The summed E-state index contributed by atoms with van der Waals surface area (Å²) in [5.74, 6) is -0.278. The van der Waals surface area contributed by atoms with Crippen LogP contribution in [0.25, 0.3) is 0 Å². The van der Waals surface area contributed by atoms with Crippen molar-refractivity contribution in [3.05, 3.63) is 58.5 Å². The topological polar surface area (TPSA) is 24.9 Å². The Morgan fingerprint density at radius 1 is 1.20 bits per heavy atom. The average molecular weight is 305 g/mol. The SMILES string of the molecule is Fc1cccc(CNc2ncc(C(F)(F)F)cc2Cl)c1. The highest BCUT2D eigenvalue weighted by Crippen LogP contribution is 2.32. The zero-order chi connectivity index (χ0) is 14.8. The van der Waals surface area contributed by atoms with Gasteiger partial charge in [0.05, 0.1) is 10.6 Å². The van der Waals surface area contributed by atoms with E-state index in [1.807, 2.05) is 0 Å². The molecule has 0 unspecified atom stereocenters. The number of pyridine rings is 1. The molecule has 2 aromatic rings. The van der Waals surface area contributed by atoms with Crippen LogP contribution in [0.3, 0.4) is 0 Å². The van der Waals surface area contributed by atoms with Crippen molar-refractivity contribution in [1.82, 2.24) is 4.98 Å². The molecule has 2 nitrogen and oxygen atoms in total. The quantitative estimate of drug-likeness (QED) is 0.844. The molecule has 0 aliphatic rings. The van der Waals surface area contributed by atoms with E-state index < -0.39 is 17.6 Å². The Labute approximate surface area is 117 Å². The second-order valence-electron chi connectivity index (χ2n) is 4.04. The highest BCUT2D eigenvalue weighted by Gasteiger charge is 2.31. The fourth-order valence-electron chi connectivity index (χ4n) is 1.56. The molecule has 1 N–H and O–H groups in total. The molecule has 0 aliphatic heterocycles. The van der Waals surface area contributed by atoms with Gasteiger partial charge in [-0.2, -0.15) is 13.2 Å². The van der Waals surface area contributed by atoms with Gasteiger partial charge in [-0.25, -0.2) is 9.37 Å². The van der Waals surface area contributed by atoms with Gasteiger partial charge in [-0.15, -0.1) is 0 Å². The van der Waals surface area contributed by atoms with Crippen LogP contribution in [-0.4, -0.2) is 4.98 Å². The van der Waals surface area contributed by atoms with E-state index in [0.29, 0.717) is 11.8 Å². The largest absolute Gasteiger partial charge is 0.417 e. The molecule has 0 spiro atoms. The second-order valence-corrected chi connectivity index (χ2v) is 4.44. The minimum atomic E-state index is -4.49. The predicted octanol–water partition coefficient (Wildman–Crippen LogP) is 4.51. The number of nitrogens with one attached hydrogen (secondary N) is 1. The zero-order valence-corrected chi connectivity index (χ0v) is 10.8. The number of alkyl halides is 3. The summed E-state index contributed by atoms with van der Waals surface area (Å²) in [5.41, 5.74) is -0.290. The van der Waals surface area contributed by atoms with E-state index in [1.54, 1.807) is 6.07 Å². The Morgan fingerprint density at radius 2 is 1.95 bits per heavy atom. The van der Waals surface area contributed by atoms with Crippen LogP contribution in [-0.2, 0) is 12.7 Å². The first kappa shape index (κ1) is 14.6. The van der Waals surface area contributed by atoms with Gasteiger partial charge in [0.2, 0.25) is 0 Å². The Morgan fingerprint density at radius 3 is 2.55 bits per heavy atom. The summed E-state index contributed by atoms with van der Waals surface area (Å²) in [7, 11) is 0. The summed E-state index contributed by atoms with van der Waals surface area (Å²) in [4.78, 5) is 3.63. The van der Waals surface area contributed by atoms with Gasteiger partial charge in [-0.3, -0.25) is 0 Å². The molecular weight excluding hydrogens is 296 g/mol. The zero-order valence-electron chi connectivity index (χ0n) is 10.0. The summed E-state index contributed by atoms with van der Waals surface area (Å²) in [6.07, 6.45) is -3.79. The highest BCUT2D eigenvalue weighted by molar-refractivity contribution is 6.32. The molecule has 1 aromatic carbocycles. The molecule has 0 atom stereocenters. The number of benzene rings is 1. The number of rotatable bonds is 3. The maximum Gasteiger partial charge on any atom is 0.417 e. The van der Waals surface area contributed by atoms with Crippen molar-refractivity contribution < 1.29 is 17.6 Å². The van der Waals surface area contributed by atoms with Crippen LogP contribution in [0.1, 0.15) is 11.1 Å². The van der Waals surface area contributed by atoms with Crippen molar-refractivity contribution in [2.24, 2.45) is 0 Å². The maximum atomic E-state index is 13.0. The van der Waals surface area contributed by atoms with Crippen molar-refractivity contribution in [3.63, 3.8) is 0 Å². The minimum Gasteiger partial charge on any atom is -0.365 e. The molecule has 0 amide bonds. The summed E-state index contributed by atoms with van der Waals surface area (Å²) < 4.78 is 50.3. The van der Waals surface area contributed by atoms with Crippen LogP contribution < -0.4 is 5.32 Å². The molecule has 7 heteroatoms. The van der Waals surface area contributed by atoms with Crippen LogP contribution in [0.4, 0.5) is 23.4 Å². The van der Waals surface area contributed by atoms with Crippen molar-refractivity contribution >= 4 is 17.4 Å². The third kappa shape index (κ3) is 3.60. The lowest BCUT2D eigenvalue weighted by atomic mass is 10.2. The number of anilines is 1. The lowest BCUT2D eigenvalue weighted by Gasteiger charge is -2.10. The average Bonchev–Trinajstić information content (AvgIpc) is 2.36. The smallest absolute Gasteiger partial charge is 0.365 e. The Kier molecular flexibility index (Phi) is 4.13. The molecule has 0 saturated heterocycles. The first-order chi connectivity index (χ1) is 9.36. The van der Waals surface area contributed by atoms with Gasteiger partial charge in [0.15, 0.2) is 0 Å². The van der Waals surface area contributed by atoms with Gasteiger partial charge in [-0.05, 0) is 23.8 Å². The molecule has 1 heterocycles. The van der Waals surface area contributed by atoms with Gasteiger partial charge in [0.1, 0.15) is 11.6 Å². The van der Waals surface area contributed by atoms with E-state index in [-0.39, 0.29) is 17.4 Å². The first-order valence-electron chi connectivity index (χ1n) is 5.57. The third-order valence-corrected chi connectivity index (χ3v) is 2.81. The second kappa shape index (κ2) is 5.66. The van der Waals surface area contributed by atoms with E-state index in [1.165, 1.54) is 18.2 Å². The molecule has 0 bridgehead atoms. The molecule has 106 valence electrons. The lowest BCUT2D eigenvalue weighted by Crippen LogP contribution is -2.08. The number of aromatic nitrogens is 1. The van der Waals surface area contributed by atoms with Gasteiger partial charge in [0, 0.05) is 12.7 Å². The number of nitrogens with zero attached hydrogens (tertiary/aromatic N) is 1. The van der Waals surface area contributed by atoms with E-state index in [9.17, 15) is 17.6 Å². The molecule has 0 radical (unpaired) electrons. The normalized spacial score (nSPS) is 11.4. The van der Waals surface area contributed by atoms with E-state index in [0.717, 1.165) is 6.07 Å². The van der Waals surface area contributed by atoms with Crippen LogP contribution in [0.5, 0.6) is 0 Å². The van der Waals surface area contributed by atoms with Crippen LogP contribution in [0, 0.1) is 5.82 Å². The monoisotopic (exact) mass is 304 g/mol. The van der Waals surface area contributed by atoms with E-state index >= 15 is 0 Å². The number of halogens is 5. The Hall–Kier alpha value is -1.82. The van der Waals surface area contributed by atoms with E-state index in [2.05, 4.69) is 10.3 Å². The van der Waals surface area contributed by atoms with Crippen molar-refractivity contribution in [1.29, 1.82) is 0 Å². The summed E-state index contributed by atoms with van der Waals surface area (Å²) in [6, 6.07) is 6.61. The third-order valence-electron chi connectivity index (χ3n) is 2.52. The lowest BCUT2D eigenvalue weighted by molar-refractivity contribution is -0.137. The molecular formula is C13H9ClF4N2. The molecule has 20 heavy (non-hydrogen) atoms. The predicted molar refractivity (Wildman–Crippen MR) is 68.0 cm³/mol. The summed E-state index contributed by atoms with van der Waals surface area (Å²) >= 11 is 5.73. The van der Waals surface area contributed by atoms with Crippen molar-refractivity contribution in [3.8, 4) is 0 Å². The van der Waals surface area contributed by atoms with Gasteiger partial charge in [-0.1, -0.05) is 23.7 Å². The highest BCUT2D eigenvalue weighted by atomic mass is 35.5. The van der Waals surface area contributed by atoms with Crippen LogP contribution in [0.2, 0.25) is 5.02 Å². The summed E-state index contributed by atoms with van der Waals surface area (Å²) in [5, 5.41) is 2.62. The minimum absolute atomic E-state index is 0.115. The fourth-order valence-corrected chi connectivity index (χ4v) is 1.79. The first-order valence-corrected chi connectivity index (χ1v) is 5.95. The van der Waals surface area contributed by atoms with Gasteiger partial charge < -0.3 is 5.32 Å². The van der Waals surface area contributed by atoms with Gasteiger partial charge >= 0.3 is 6.18 Å². The Bertz CT molecular complexity index is 614. The molecule has 0 fully saturated rings. The van der Waals surface area contributed by atoms with Crippen LogP contribution >= 0.6 is 11.6 Å². The van der Waals surface area contributed by atoms with Gasteiger partial charge in [0.25, 0.3) is 0 Å². The number of hydrogen-bond donors (Lipinski definition) is 1. The molecule has 1 aromatic heterocycles. The molecule has 0 aliphatic carbocycles. The fraction of sp³-hybridized carbons (Fsp3) is 0.154. The van der Waals surface area contributed by atoms with Crippen molar-refractivity contribution in [2.75, 3.05) is 5.32 Å². The number of hydrogen-bond acceptors (Lipinski definition) is 2. The summed E-state index contributed by atoms with van der Waals surface area (Å²) in [6.45, 7) is 0.204.